The van der Waals surface area contributed by atoms with Gasteiger partial charge in [-0.3, -0.25) is 10.1 Å². The number of nitrogens with one attached hydrogen (secondary N) is 1. The number of anilines is 1. The summed E-state index contributed by atoms with van der Waals surface area (Å²) in [5, 5.41) is 12.4. The lowest BCUT2D eigenvalue weighted by molar-refractivity contribution is -0.113. The monoisotopic (exact) mass is 349 g/mol. The van der Waals surface area contributed by atoms with Crippen molar-refractivity contribution in [3.63, 3.8) is 0 Å². The summed E-state index contributed by atoms with van der Waals surface area (Å²) in [4.78, 5) is 13.1. The number of aromatic nitrogens is 2. The number of benzene rings is 1. The molecule has 0 aliphatic heterocycles. The molecule has 1 aromatic heterocycles. The first-order valence-electron chi connectivity index (χ1n) is 7.62. The molecule has 1 amide bonds. The van der Waals surface area contributed by atoms with Gasteiger partial charge >= 0.3 is 0 Å². The lowest BCUT2D eigenvalue weighted by Gasteiger charge is -2.19. The van der Waals surface area contributed by atoms with Crippen LogP contribution >= 0.6 is 23.1 Å². The van der Waals surface area contributed by atoms with Crippen LogP contribution in [0.2, 0.25) is 0 Å². The largest absolute Gasteiger partial charge is 0.300 e. The minimum Gasteiger partial charge on any atom is -0.300 e. The van der Waals surface area contributed by atoms with Crippen LogP contribution in [0.25, 0.3) is 0 Å². The van der Waals surface area contributed by atoms with Gasteiger partial charge in [0.15, 0.2) is 0 Å². The average molecular weight is 350 g/mol. The van der Waals surface area contributed by atoms with E-state index < -0.39 is 0 Å². The number of carbonyl (C=O) groups excluding carboxylic acids is 1. The molecule has 0 aliphatic rings. The van der Waals surface area contributed by atoms with Crippen molar-refractivity contribution >= 4 is 34.1 Å². The second kappa shape index (κ2) is 7.45. The number of hydrogen-bond acceptors (Lipinski definition) is 5. The standard InChI is InChI=1S/C17H23N3OS2/c1-11(2)15-19-20-16(23-15)18-14(21)10-22-13-8-6-12(7-9-13)17(3,4)5/h6-9,11H,10H2,1-5H3,(H,18,20,21). The highest BCUT2D eigenvalue weighted by Crippen LogP contribution is 2.26. The molecule has 4 nitrogen and oxygen atoms in total. The Morgan fingerprint density at radius 1 is 1.22 bits per heavy atom. The Bertz CT molecular complexity index is 657. The number of amides is 1. The highest BCUT2D eigenvalue weighted by atomic mass is 32.2. The predicted octanol–water partition coefficient (Wildman–Crippen LogP) is 4.69. The highest BCUT2D eigenvalue weighted by molar-refractivity contribution is 8.00. The zero-order chi connectivity index (χ0) is 17.0. The van der Waals surface area contributed by atoms with Crippen molar-refractivity contribution in [2.24, 2.45) is 0 Å². The lowest BCUT2D eigenvalue weighted by atomic mass is 9.87. The molecule has 1 aromatic carbocycles. The second-order valence-electron chi connectivity index (χ2n) is 6.71. The fourth-order valence-corrected chi connectivity index (χ4v) is 3.33. The van der Waals surface area contributed by atoms with Crippen LogP contribution < -0.4 is 5.32 Å². The third kappa shape index (κ3) is 5.32. The predicted molar refractivity (Wildman–Crippen MR) is 98.5 cm³/mol. The summed E-state index contributed by atoms with van der Waals surface area (Å²) < 4.78 is 0. The molecule has 2 aromatic rings. The summed E-state index contributed by atoms with van der Waals surface area (Å²) >= 11 is 2.96. The van der Waals surface area contributed by atoms with Gasteiger partial charge in [0.25, 0.3) is 0 Å². The SMILES string of the molecule is CC(C)c1nnc(NC(=O)CSc2ccc(C(C)(C)C)cc2)s1. The summed E-state index contributed by atoms with van der Waals surface area (Å²) in [6.07, 6.45) is 0. The van der Waals surface area contributed by atoms with E-state index in [1.807, 2.05) is 0 Å². The molecule has 1 N–H and O–H groups in total. The summed E-state index contributed by atoms with van der Waals surface area (Å²) in [5.41, 5.74) is 1.44. The van der Waals surface area contributed by atoms with E-state index in [0.717, 1.165) is 9.90 Å². The van der Waals surface area contributed by atoms with Gasteiger partial charge in [0.2, 0.25) is 11.0 Å². The van der Waals surface area contributed by atoms with Crippen molar-refractivity contribution in [2.45, 2.75) is 50.8 Å². The van der Waals surface area contributed by atoms with Crippen molar-refractivity contribution in [1.82, 2.24) is 10.2 Å². The molecule has 0 saturated heterocycles. The maximum atomic E-state index is 12.0. The normalized spacial score (nSPS) is 11.7. The molecule has 2 rings (SSSR count). The zero-order valence-corrected chi connectivity index (χ0v) is 15.8. The van der Waals surface area contributed by atoms with Gasteiger partial charge in [-0.2, -0.15) is 0 Å². The van der Waals surface area contributed by atoms with E-state index in [9.17, 15) is 4.79 Å². The summed E-state index contributed by atoms with van der Waals surface area (Å²) in [6, 6.07) is 8.39. The van der Waals surface area contributed by atoms with Crippen LogP contribution in [-0.2, 0) is 10.2 Å². The first-order valence-corrected chi connectivity index (χ1v) is 9.42. The van der Waals surface area contributed by atoms with Crippen LogP contribution in [0.1, 0.15) is 51.1 Å². The zero-order valence-electron chi connectivity index (χ0n) is 14.2. The number of nitrogens with zero attached hydrogens (tertiary/aromatic N) is 2. The number of carbonyl (C=O) groups is 1. The Morgan fingerprint density at radius 3 is 2.39 bits per heavy atom. The Kier molecular flexibility index (Phi) is 5.81. The van der Waals surface area contributed by atoms with Gasteiger partial charge in [-0.1, -0.05) is 58.1 Å². The van der Waals surface area contributed by atoms with Crippen LogP contribution in [0.4, 0.5) is 5.13 Å². The minimum absolute atomic E-state index is 0.0543. The molecular weight excluding hydrogens is 326 g/mol. The van der Waals surface area contributed by atoms with Gasteiger partial charge in [-0.05, 0) is 23.1 Å². The van der Waals surface area contributed by atoms with Crippen LogP contribution in [0.5, 0.6) is 0 Å². The van der Waals surface area contributed by atoms with Gasteiger partial charge in [0.1, 0.15) is 5.01 Å². The quantitative estimate of drug-likeness (QED) is 0.796. The van der Waals surface area contributed by atoms with Gasteiger partial charge < -0.3 is 0 Å². The molecule has 124 valence electrons. The first kappa shape index (κ1) is 17.9. The summed E-state index contributed by atoms with van der Waals surface area (Å²) in [6.45, 7) is 10.7. The van der Waals surface area contributed by atoms with E-state index in [1.165, 1.54) is 28.7 Å². The van der Waals surface area contributed by atoms with Crippen molar-refractivity contribution < 1.29 is 4.79 Å². The van der Waals surface area contributed by atoms with Crippen LogP contribution in [-0.4, -0.2) is 21.9 Å². The van der Waals surface area contributed by atoms with Gasteiger partial charge in [0, 0.05) is 10.8 Å². The molecule has 0 unspecified atom stereocenters. The van der Waals surface area contributed by atoms with Gasteiger partial charge in [-0.15, -0.1) is 22.0 Å². The third-order valence-electron chi connectivity index (χ3n) is 3.27. The fraction of sp³-hybridized carbons (Fsp3) is 0.471. The summed E-state index contributed by atoms with van der Waals surface area (Å²) in [7, 11) is 0. The van der Waals surface area contributed by atoms with Crippen LogP contribution in [0.15, 0.2) is 29.2 Å². The maximum Gasteiger partial charge on any atom is 0.236 e. The number of rotatable bonds is 5. The van der Waals surface area contributed by atoms with Crippen molar-refractivity contribution in [3.8, 4) is 0 Å². The molecular formula is C17H23N3OS2. The van der Waals surface area contributed by atoms with Crippen molar-refractivity contribution in [2.75, 3.05) is 11.1 Å². The highest BCUT2D eigenvalue weighted by Gasteiger charge is 2.14. The number of thioether (sulfide) groups is 1. The Hall–Kier alpha value is -1.40. The Balaban J connectivity index is 1.86. The van der Waals surface area contributed by atoms with E-state index >= 15 is 0 Å². The number of hydrogen-bond donors (Lipinski definition) is 1. The maximum absolute atomic E-state index is 12.0. The van der Waals surface area contributed by atoms with Crippen LogP contribution in [0.3, 0.4) is 0 Å². The molecule has 0 radical (unpaired) electrons. The molecule has 0 atom stereocenters. The van der Waals surface area contributed by atoms with Gasteiger partial charge in [0.05, 0.1) is 5.75 Å². The second-order valence-corrected chi connectivity index (χ2v) is 8.77. The van der Waals surface area contributed by atoms with E-state index in [2.05, 4.69) is 74.4 Å². The first-order chi connectivity index (χ1) is 10.8. The van der Waals surface area contributed by atoms with E-state index in [0.29, 0.717) is 16.8 Å². The third-order valence-corrected chi connectivity index (χ3v) is 5.42. The Labute approximate surface area is 146 Å². The molecule has 0 spiro atoms. The van der Waals surface area contributed by atoms with E-state index in [1.54, 1.807) is 0 Å². The molecule has 23 heavy (non-hydrogen) atoms. The molecule has 6 heteroatoms. The minimum atomic E-state index is -0.0543. The fourth-order valence-electron chi connectivity index (χ4n) is 1.87. The lowest BCUT2D eigenvalue weighted by Crippen LogP contribution is -2.14. The van der Waals surface area contributed by atoms with Gasteiger partial charge in [-0.25, -0.2) is 0 Å². The average Bonchev–Trinajstić information content (AvgIpc) is 2.93. The molecule has 0 aliphatic carbocycles. The molecule has 0 saturated carbocycles. The topological polar surface area (TPSA) is 54.9 Å². The smallest absolute Gasteiger partial charge is 0.236 e. The molecule has 1 heterocycles. The van der Waals surface area contributed by atoms with E-state index in [-0.39, 0.29) is 11.3 Å². The molecule has 0 fully saturated rings. The van der Waals surface area contributed by atoms with Crippen molar-refractivity contribution in [1.29, 1.82) is 0 Å². The summed E-state index contributed by atoms with van der Waals surface area (Å²) in [5.74, 6) is 0.640. The van der Waals surface area contributed by atoms with E-state index in [4.69, 9.17) is 0 Å². The Morgan fingerprint density at radius 2 is 1.87 bits per heavy atom. The molecule has 0 bridgehead atoms. The van der Waals surface area contributed by atoms with Crippen molar-refractivity contribution in [3.05, 3.63) is 34.8 Å². The van der Waals surface area contributed by atoms with Crippen LogP contribution in [0, 0.1) is 0 Å².